The van der Waals surface area contributed by atoms with E-state index in [0.717, 1.165) is 27.6 Å². The first-order chi connectivity index (χ1) is 15.8. The molecular weight excluding hydrogens is 438 g/mol. The number of benzene rings is 3. The van der Waals surface area contributed by atoms with Crippen molar-refractivity contribution in [2.24, 2.45) is 0 Å². The predicted octanol–water partition coefficient (Wildman–Crippen LogP) is 5.15. The molecule has 0 radical (unpaired) electrons. The van der Waals surface area contributed by atoms with Crippen molar-refractivity contribution >= 4 is 21.6 Å². The lowest BCUT2D eigenvalue weighted by molar-refractivity contribution is -0.117. The number of rotatable bonds is 10. The van der Waals surface area contributed by atoms with Crippen LogP contribution in [-0.4, -0.2) is 28.0 Å². The lowest BCUT2D eigenvalue weighted by atomic mass is 10.1. The summed E-state index contributed by atoms with van der Waals surface area (Å²) in [5.41, 5.74) is 2.33. The van der Waals surface area contributed by atoms with E-state index in [1.54, 1.807) is 55.6 Å². The molecule has 33 heavy (non-hydrogen) atoms. The largest absolute Gasteiger partial charge is 0.497 e. The molecule has 0 saturated carbocycles. The van der Waals surface area contributed by atoms with Crippen LogP contribution in [0.1, 0.15) is 30.9 Å². The number of anilines is 1. The molecule has 0 bridgehead atoms. The highest BCUT2D eigenvalue weighted by Crippen LogP contribution is 2.26. The zero-order chi connectivity index (χ0) is 23.8. The normalized spacial score (nSPS) is 11.1. The maximum atomic E-state index is 13.4. The van der Waals surface area contributed by atoms with Gasteiger partial charge in [-0.25, -0.2) is 12.7 Å². The lowest BCUT2D eigenvalue weighted by Gasteiger charge is -2.23. The summed E-state index contributed by atoms with van der Waals surface area (Å²) in [6, 6.07) is 20.7. The van der Waals surface area contributed by atoms with Gasteiger partial charge in [0, 0.05) is 6.42 Å². The zero-order valence-corrected chi connectivity index (χ0v) is 20.0. The molecule has 3 aromatic rings. The number of aryl methyl sites for hydroxylation is 2. The zero-order valence-electron chi connectivity index (χ0n) is 19.2. The summed E-state index contributed by atoms with van der Waals surface area (Å²) in [6.45, 7) is 4.18. The maximum absolute atomic E-state index is 13.4. The number of ether oxygens (including phenoxy) is 2. The number of sulfonamides is 1. The molecule has 174 valence electrons. The summed E-state index contributed by atoms with van der Waals surface area (Å²) in [7, 11) is -2.47. The van der Waals surface area contributed by atoms with Crippen molar-refractivity contribution in [3.8, 4) is 11.5 Å². The summed E-state index contributed by atoms with van der Waals surface area (Å²) in [6.07, 6.45) is 1.22. The Labute approximate surface area is 195 Å². The fourth-order valence-electron chi connectivity index (χ4n) is 3.29. The van der Waals surface area contributed by atoms with E-state index in [-0.39, 0.29) is 17.9 Å². The number of hydrogen-bond acceptors (Lipinski definition) is 5. The molecule has 0 saturated heterocycles. The molecule has 0 heterocycles. The third-order valence-corrected chi connectivity index (χ3v) is 6.99. The van der Waals surface area contributed by atoms with Gasteiger partial charge in [0.2, 0.25) is 5.91 Å². The van der Waals surface area contributed by atoms with Gasteiger partial charge in [-0.15, -0.1) is 0 Å². The van der Waals surface area contributed by atoms with Gasteiger partial charge in [0.1, 0.15) is 11.5 Å². The second-order valence-electron chi connectivity index (χ2n) is 7.62. The predicted molar refractivity (Wildman–Crippen MR) is 129 cm³/mol. The molecule has 0 unspecified atom stereocenters. The highest BCUT2D eigenvalue weighted by Gasteiger charge is 2.30. The van der Waals surface area contributed by atoms with Gasteiger partial charge in [-0.2, -0.15) is 0 Å². The minimum atomic E-state index is -4.06. The van der Waals surface area contributed by atoms with Crippen molar-refractivity contribution in [2.45, 2.75) is 38.0 Å². The highest BCUT2D eigenvalue weighted by atomic mass is 32.2. The van der Waals surface area contributed by atoms with Crippen molar-refractivity contribution in [3.05, 3.63) is 83.9 Å². The van der Waals surface area contributed by atoms with Gasteiger partial charge in [0.05, 0.1) is 24.3 Å². The number of methoxy groups -OCH3 is 1. The molecular formula is C26H29NO5S. The van der Waals surface area contributed by atoms with Crippen molar-refractivity contribution in [3.63, 3.8) is 0 Å². The molecule has 0 aliphatic carbocycles. The van der Waals surface area contributed by atoms with E-state index < -0.39 is 15.9 Å². The van der Waals surface area contributed by atoms with Crippen LogP contribution >= 0.6 is 0 Å². The molecule has 0 N–H and O–H groups in total. The third-order valence-electron chi connectivity index (χ3n) is 5.23. The van der Waals surface area contributed by atoms with Gasteiger partial charge in [0.15, 0.2) is 0 Å². The summed E-state index contributed by atoms with van der Waals surface area (Å²) >= 11 is 0. The van der Waals surface area contributed by atoms with Crippen LogP contribution in [0.25, 0.3) is 0 Å². The fourth-order valence-corrected chi connectivity index (χ4v) is 4.74. The first kappa shape index (κ1) is 24.3. The first-order valence-electron chi connectivity index (χ1n) is 10.9. The summed E-state index contributed by atoms with van der Waals surface area (Å²) in [5.74, 6) is 0.879. The second kappa shape index (κ2) is 11.0. The number of carbonyl (C=O) groups is 1. The average Bonchev–Trinajstić information content (AvgIpc) is 2.83. The van der Waals surface area contributed by atoms with Crippen LogP contribution in [0.2, 0.25) is 0 Å². The van der Waals surface area contributed by atoms with Crippen LogP contribution in [0, 0.1) is 6.92 Å². The van der Waals surface area contributed by atoms with Gasteiger partial charge >= 0.3 is 0 Å². The van der Waals surface area contributed by atoms with Crippen LogP contribution in [0.15, 0.2) is 77.7 Å². The van der Waals surface area contributed by atoms with Crippen LogP contribution in [-0.2, 0) is 21.2 Å². The molecule has 7 heteroatoms. The van der Waals surface area contributed by atoms with E-state index in [0.29, 0.717) is 17.9 Å². The van der Waals surface area contributed by atoms with E-state index in [4.69, 9.17) is 9.47 Å². The Hall–Kier alpha value is -3.32. The van der Waals surface area contributed by atoms with Gasteiger partial charge in [0.25, 0.3) is 10.0 Å². The standard InChI is InChI=1S/C26H29NO5S/c1-4-21-9-11-22(12-10-21)27(33(29,30)25-17-7-20(2)8-18-25)26(28)6-5-19-32-24-15-13-23(31-3)14-16-24/h7-18H,4-6,19H2,1-3H3. The quantitative estimate of drug-likeness (QED) is 0.386. The number of nitrogens with zero attached hydrogens (tertiary/aromatic N) is 1. The minimum absolute atomic E-state index is 0.0246. The average molecular weight is 468 g/mol. The monoisotopic (exact) mass is 467 g/mol. The van der Waals surface area contributed by atoms with Gasteiger partial charge in [-0.3, -0.25) is 4.79 Å². The lowest BCUT2D eigenvalue weighted by Crippen LogP contribution is -2.37. The molecule has 3 rings (SSSR count). The van der Waals surface area contributed by atoms with E-state index in [9.17, 15) is 13.2 Å². The van der Waals surface area contributed by atoms with Gasteiger partial charge < -0.3 is 9.47 Å². The Morgan fingerprint density at radius 1 is 0.879 bits per heavy atom. The van der Waals surface area contributed by atoms with Gasteiger partial charge in [-0.1, -0.05) is 36.8 Å². The molecule has 0 spiro atoms. The topological polar surface area (TPSA) is 72.9 Å². The van der Waals surface area contributed by atoms with Crippen molar-refractivity contribution in [1.82, 2.24) is 0 Å². The molecule has 0 fully saturated rings. The first-order valence-corrected chi connectivity index (χ1v) is 12.3. The van der Waals surface area contributed by atoms with Crippen LogP contribution in [0.4, 0.5) is 5.69 Å². The summed E-state index contributed by atoms with van der Waals surface area (Å²) < 4.78 is 38.5. The molecule has 0 atom stereocenters. The fraction of sp³-hybridized carbons (Fsp3) is 0.269. The molecule has 6 nitrogen and oxygen atoms in total. The second-order valence-corrected chi connectivity index (χ2v) is 9.41. The van der Waals surface area contributed by atoms with Crippen LogP contribution < -0.4 is 13.8 Å². The van der Waals surface area contributed by atoms with Gasteiger partial charge in [-0.05, 0) is 73.9 Å². The van der Waals surface area contributed by atoms with E-state index >= 15 is 0 Å². The SMILES string of the molecule is CCc1ccc(N(C(=O)CCCOc2ccc(OC)cc2)S(=O)(=O)c2ccc(C)cc2)cc1. The van der Waals surface area contributed by atoms with E-state index in [2.05, 4.69) is 0 Å². The molecule has 0 aliphatic heterocycles. The number of carbonyl (C=O) groups excluding carboxylic acids is 1. The molecule has 3 aromatic carbocycles. The van der Waals surface area contributed by atoms with Crippen molar-refractivity contribution in [1.29, 1.82) is 0 Å². The van der Waals surface area contributed by atoms with Crippen molar-refractivity contribution in [2.75, 3.05) is 18.0 Å². The summed E-state index contributed by atoms with van der Waals surface area (Å²) in [4.78, 5) is 13.2. The highest BCUT2D eigenvalue weighted by molar-refractivity contribution is 7.93. The Morgan fingerprint density at radius 2 is 1.48 bits per heavy atom. The smallest absolute Gasteiger partial charge is 0.270 e. The Morgan fingerprint density at radius 3 is 2.06 bits per heavy atom. The van der Waals surface area contributed by atoms with E-state index in [1.165, 1.54) is 12.1 Å². The summed E-state index contributed by atoms with van der Waals surface area (Å²) in [5, 5.41) is 0. The molecule has 1 amide bonds. The Kier molecular flexibility index (Phi) is 8.11. The Balaban J connectivity index is 1.76. The Bertz CT molecular complexity index is 1150. The number of hydrogen-bond donors (Lipinski definition) is 0. The molecule has 0 aliphatic rings. The number of amides is 1. The third kappa shape index (κ3) is 6.14. The molecule has 0 aromatic heterocycles. The maximum Gasteiger partial charge on any atom is 0.270 e. The van der Waals surface area contributed by atoms with Crippen LogP contribution in [0.5, 0.6) is 11.5 Å². The minimum Gasteiger partial charge on any atom is -0.497 e. The van der Waals surface area contributed by atoms with Crippen LogP contribution in [0.3, 0.4) is 0 Å². The van der Waals surface area contributed by atoms with Crippen molar-refractivity contribution < 1.29 is 22.7 Å². The van der Waals surface area contributed by atoms with E-state index in [1.807, 2.05) is 26.0 Å².